The third kappa shape index (κ3) is 2.40. The maximum atomic E-state index is 11.6. The third-order valence-corrected chi connectivity index (χ3v) is 5.95. The molecule has 0 saturated carbocycles. The molecular weight excluding hydrogens is 360 g/mol. The molecule has 0 fully saturated rings. The molecule has 6 nitrogen and oxygen atoms in total. The molecule has 0 bridgehead atoms. The first-order valence-corrected chi connectivity index (χ1v) is 9.99. The van der Waals surface area contributed by atoms with E-state index in [1.165, 1.54) is 12.1 Å². The fourth-order valence-electron chi connectivity index (χ4n) is 3.78. The van der Waals surface area contributed by atoms with Crippen LogP contribution in [0.5, 0.6) is 0 Å². The lowest BCUT2D eigenvalue weighted by atomic mass is 9.99. The number of benzene rings is 3. The monoisotopic (exact) mass is 376 g/mol. The van der Waals surface area contributed by atoms with Gasteiger partial charge in [0, 0.05) is 5.56 Å². The second kappa shape index (κ2) is 5.50. The van der Waals surface area contributed by atoms with Crippen LogP contribution in [-0.2, 0) is 10.0 Å². The molecule has 1 heterocycles. The Kier molecular flexibility index (Phi) is 3.30. The number of imidazole rings is 1. The maximum Gasteiger partial charge on any atom is 0.238 e. The van der Waals surface area contributed by atoms with Gasteiger partial charge in [-0.1, -0.05) is 42.5 Å². The summed E-state index contributed by atoms with van der Waals surface area (Å²) < 4.78 is 23.2. The predicted molar refractivity (Wildman–Crippen MR) is 104 cm³/mol. The summed E-state index contributed by atoms with van der Waals surface area (Å²) in [5, 5.41) is 5.23. The summed E-state index contributed by atoms with van der Waals surface area (Å²) in [6, 6.07) is 18.5. The van der Waals surface area contributed by atoms with Gasteiger partial charge < -0.3 is 10.7 Å². The van der Waals surface area contributed by atoms with Crippen LogP contribution >= 0.6 is 0 Å². The highest BCUT2D eigenvalue weighted by atomic mass is 32.2. The van der Waals surface area contributed by atoms with Gasteiger partial charge in [0.1, 0.15) is 5.82 Å². The van der Waals surface area contributed by atoms with Crippen molar-refractivity contribution in [2.45, 2.75) is 10.9 Å². The summed E-state index contributed by atoms with van der Waals surface area (Å²) in [6.07, 6.45) is 0. The molecule has 1 atom stereocenters. The Morgan fingerprint density at radius 1 is 0.926 bits per heavy atom. The molecule has 0 radical (unpaired) electrons. The molecule has 5 N–H and O–H groups in total. The molecule has 3 aromatic carbocycles. The van der Waals surface area contributed by atoms with Gasteiger partial charge in [0.2, 0.25) is 10.0 Å². The Morgan fingerprint density at radius 2 is 1.67 bits per heavy atom. The fraction of sp³-hybridized carbons (Fsp3) is 0.0500. The van der Waals surface area contributed by atoms with E-state index >= 15 is 0 Å². The quantitative estimate of drug-likeness (QED) is 0.499. The minimum absolute atomic E-state index is 0.0405. The summed E-state index contributed by atoms with van der Waals surface area (Å²) in [7, 11) is -3.78. The zero-order valence-electron chi connectivity index (χ0n) is 14.2. The molecule has 27 heavy (non-hydrogen) atoms. The van der Waals surface area contributed by atoms with E-state index in [9.17, 15) is 8.42 Å². The standard InChI is InChI=1S/C20H16N4O2S/c21-19-13-5-2-1-4-12(13)18-14(19)6-3-7-15(18)20-23-16-9-8-11(27(22,25)26)10-17(16)24-20/h1-10,19H,21H2,(H,23,24)(H2,22,25,26). The zero-order chi connectivity index (χ0) is 18.8. The predicted octanol–water partition coefficient (Wildman–Crippen LogP) is 2.91. The van der Waals surface area contributed by atoms with Gasteiger partial charge in [0.25, 0.3) is 0 Å². The third-order valence-electron chi connectivity index (χ3n) is 5.04. The lowest BCUT2D eigenvalue weighted by molar-refractivity contribution is 0.598. The first-order chi connectivity index (χ1) is 12.9. The van der Waals surface area contributed by atoms with Crippen LogP contribution in [0.2, 0.25) is 0 Å². The van der Waals surface area contributed by atoms with E-state index in [-0.39, 0.29) is 10.9 Å². The van der Waals surface area contributed by atoms with E-state index in [1.807, 2.05) is 36.4 Å². The van der Waals surface area contributed by atoms with Gasteiger partial charge in [-0.2, -0.15) is 0 Å². The number of primary sulfonamides is 1. The number of hydrogen-bond acceptors (Lipinski definition) is 4. The van der Waals surface area contributed by atoms with Gasteiger partial charge in [-0.15, -0.1) is 0 Å². The van der Waals surface area contributed by atoms with Crippen LogP contribution in [0.4, 0.5) is 0 Å². The van der Waals surface area contributed by atoms with Crippen molar-refractivity contribution in [3.05, 3.63) is 71.8 Å². The van der Waals surface area contributed by atoms with Crippen LogP contribution in [0.25, 0.3) is 33.5 Å². The summed E-state index contributed by atoms with van der Waals surface area (Å²) in [5.41, 5.74) is 13.0. The van der Waals surface area contributed by atoms with Gasteiger partial charge in [-0.05, 0) is 40.5 Å². The van der Waals surface area contributed by atoms with E-state index in [0.717, 1.165) is 33.3 Å². The Hall–Kier alpha value is -3.00. The number of sulfonamides is 1. The van der Waals surface area contributed by atoms with Crippen molar-refractivity contribution in [1.82, 2.24) is 9.97 Å². The smallest absolute Gasteiger partial charge is 0.238 e. The molecule has 0 amide bonds. The number of aromatic nitrogens is 2. The van der Waals surface area contributed by atoms with E-state index in [0.29, 0.717) is 11.3 Å². The minimum Gasteiger partial charge on any atom is -0.338 e. The summed E-state index contributed by atoms with van der Waals surface area (Å²) in [4.78, 5) is 7.94. The van der Waals surface area contributed by atoms with Crippen molar-refractivity contribution < 1.29 is 8.42 Å². The largest absolute Gasteiger partial charge is 0.338 e. The Balaban J connectivity index is 1.74. The molecule has 134 valence electrons. The van der Waals surface area contributed by atoms with Gasteiger partial charge >= 0.3 is 0 Å². The van der Waals surface area contributed by atoms with E-state index < -0.39 is 10.0 Å². The highest BCUT2D eigenvalue weighted by Crippen LogP contribution is 2.46. The van der Waals surface area contributed by atoms with Crippen molar-refractivity contribution in [3.63, 3.8) is 0 Å². The lowest BCUT2D eigenvalue weighted by Crippen LogP contribution is -2.11. The molecule has 5 rings (SSSR count). The van der Waals surface area contributed by atoms with Crippen LogP contribution in [0.3, 0.4) is 0 Å². The molecule has 0 aliphatic heterocycles. The van der Waals surface area contributed by atoms with Crippen LogP contribution < -0.4 is 10.9 Å². The van der Waals surface area contributed by atoms with Crippen molar-refractivity contribution in [2.24, 2.45) is 10.9 Å². The average Bonchev–Trinajstić information content (AvgIpc) is 3.21. The number of fused-ring (bicyclic) bond motifs is 4. The summed E-state index contributed by atoms with van der Waals surface area (Å²) in [6.45, 7) is 0. The number of H-pyrrole nitrogens is 1. The Bertz CT molecular complexity index is 1330. The number of nitrogens with two attached hydrogens (primary N) is 2. The fourth-order valence-corrected chi connectivity index (χ4v) is 4.31. The molecule has 0 spiro atoms. The van der Waals surface area contributed by atoms with Gasteiger partial charge in [0.05, 0.1) is 22.0 Å². The molecule has 7 heteroatoms. The van der Waals surface area contributed by atoms with Gasteiger partial charge in [0.15, 0.2) is 0 Å². The Labute approximate surface area is 155 Å². The summed E-state index contributed by atoms with van der Waals surface area (Å²) in [5.74, 6) is 0.664. The second-order valence-corrected chi connectivity index (χ2v) is 8.21. The number of nitrogens with one attached hydrogen (secondary N) is 1. The number of aromatic amines is 1. The van der Waals surface area contributed by atoms with Crippen LogP contribution in [0, 0.1) is 0 Å². The molecule has 1 aliphatic rings. The van der Waals surface area contributed by atoms with Crippen LogP contribution in [0.1, 0.15) is 17.2 Å². The van der Waals surface area contributed by atoms with Crippen molar-refractivity contribution >= 4 is 21.1 Å². The molecule has 1 unspecified atom stereocenters. The van der Waals surface area contributed by atoms with Gasteiger partial charge in [-0.25, -0.2) is 18.5 Å². The first kappa shape index (κ1) is 16.2. The lowest BCUT2D eigenvalue weighted by Gasteiger charge is -2.08. The van der Waals surface area contributed by atoms with E-state index in [2.05, 4.69) is 16.0 Å². The molecule has 1 aliphatic carbocycles. The Morgan fingerprint density at radius 3 is 2.48 bits per heavy atom. The van der Waals surface area contributed by atoms with Gasteiger partial charge in [-0.3, -0.25) is 0 Å². The van der Waals surface area contributed by atoms with E-state index in [1.54, 1.807) is 6.07 Å². The van der Waals surface area contributed by atoms with Crippen LogP contribution in [0.15, 0.2) is 65.6 Å². The van der Waals surface area contributed by atoms with Crippen molar-refractivity contribution in [3.8, 4) is 22.5 Å². The molecule has 1 aromatic heterocycles. The highest BCUT2D eigenvalue weighted by Gasteiger charge is 2.28. The number of hydrogen-bond donors (Lipinski definition) is 3. The summed E-state index contributed by atoms with van der Waals surface area (Å²) >= 11 is 0. The minimum atomic E-state index is -3.78. The van der Waals surface area contributed by atoms with Crippen molar-refractivity contribution in [1.29, 1.82) is 0 Å². The highest BCUT2D eigenvalue weighted by molar-refractivity contribution is 7.89. The SMILES string of the molecule is NC1c2ccccc2-c2c(-c3nc4cc(S(N)(=O)=O)ccc4[nH]3)cccc21. The first-order valence-electron chi connectivity index (χ1n) is 8.44. The molecule has 0 saturated heterocycles. The molecule has 4 aromatic rings. The average molecular weight is 376 g/mol. The number of nitrogens with zero attached hydrogens (tertiary/aromatic N) is 1. The topological polar surface area (TPSA) is 115 Å². The maximum absolute atomic E-state index is 11.6. The van der Waals surface area contributed by atoms with E-state index in [4.69, 9.17) is 10.9 Å². The molecular formula is C20H16N4O2S. The zero-order valence-corrected chi connectivity index (χ0v) is 15.0. The number of rotatable bonds is 2. The normalized spacial score (nSPS) is 15.7. The van der Waals surface area contributed by atoms with Crippen LogP contribution in [-0.4, -0.2) is 18.4 Å². The van der Waals surface area contributed by atoms with Crippen molar-refractivity contribution in [2.75, 3.05) is 0 Å². The second-order valence-electron chi connectivity index (χ2n) is 6.64.